The Balaban J connectivity index is 2.12. The van der Waals surface area contributed by atoms with Gasteiger partial charge in [0.05, 0.1) is 17.9 Å². The van der Waals surface area contributed by atoms with E-state index in [1.54, 1.807) is 25.1 Å². The van der Waals surface area contributed by atoms with Crippen molar-refractivity contribution >= 4 is 51.7 Å². The molecule has 20 heavy (non-hydrogen) atoms. The second-order valence-electron chi connectivity index (χ2n) is 3.90. The number of esters is 1. The number of anilines is 2. The Bertz CT molecular complexity index is 617. The first-order valence-electron chi connectivity index (χ1n) is 5.95. The van der Waals surface area contributed by atoms with Gasteiger partial charge in [-0.3, -0.25) is 0 Å². The van der Waals surface area contributed by atoms with Crippen molar-refractivity contribution in [3.8, 4) is 0 Å². The molecule has 0 spiro atoms. The van der Waals surface area contributed by atoms with Crippen LogP contribution in [-0.4, -0.2) is 17.6 Å². The minimum Gasteiger partial charge on any atom is -0.462 e. The number of ether oxygens (including phenoxy) is 1. The molecule has 0 aliphatic carbocycles. The summed E-state index contributed by atoms with van der Waals surface area (Å²) in [7, 11) is 0. The van der Waals surface area contributed by atoms with Crippen LogP contribution in [0.1, 0.15) is 17.3 Å². The first-order valence-corrected chi connectivity index (χ1v) is 7.41. The van der Waals surface area contributed by atoms with E-state index in [0.717, 1.165) is 9.26 Å². The van der Waals surface area contributed by atoms with Gasteiger partial charge < -0.3 is 10.1 Å². The van der Waals surface area contributed by atoms with Gasteiger partial charge in [0, 0.05) is 14.8 Å². The van der Waals surface area contributed by atoms with Crippen LogP contribution in [0.15, 0.2) is 36.5 Å². The maximum absolute atomic E-state index is 11.5. The lowest BCUT2D eigenvalue weighted by atomic mass is 10.3. The van der Waals surface area contributed by atoms with E-state index in [-0.39, 0.29) is 5.97 Å². The van der Waals surface area contributed by atoms with E-state index >= 15 is 0 Å². The quantitative estimate of drug-likeness (QED) is 0.613. The summed E-state index contributed by atoms with van der Waals surface area (Å²) in [5.74, 6) is 0.283. The maximum atomic E-state index is 11.5. The summed E-state index contributed by atoms with van der Waals surface area (Å²) in [6.07, 6.45) is 1.49. The van der Waals surface area contributed by atoms with Crippen molar-refractivity contribution in [2.75, 3.05) is 11.9 Å². The van der Waals surface area contributed by atoms with Crippen molar-refractivity contribution in [2.45, 2.75) is 6.92 Å². The molecule has 0 saturated heterocycles. The van der Waals surface area contributed by atoms with E-state index < -0.39 is 0 Å². The fourth-order valence-electron chi connectivity index (χ4n) is 1.53. The summed E-state index contributed by atoms with van der Waals surface area (Å²) in [6.45, 7) is 2.12. The van der Waals surface area contributed by atoms with Crippen molar-refractivity contribution < 1.29 is 9.53 Å². The molecule has 0 amide bonds. The van der Waals surface area contributed by atoms with Gasteiger partial charge in [-0.2, -0.15) is 0 Å². The molecule has 0 aliphatic rings. The summed E-state index contributed by atoms with van der Waals surface area (Å²) >= 11 is 8.10. The van der Waals surface area contributed by atoms with Crippen LogP contribution in [0.4, 0.5) is 11.5 Å². The Morgan fingerprint density at radius 3 is 2.80 bits per heavy atom. The number of nitrogens with one attached hydrogen (secondary N) is 1. The number of hydrogen-bond donors (Lipinski definition) is 1. The Kier molecular flexibility index (Phi) is 5.19. The topological polar surface area (TPSA) is 51.2 Å². The van der Waals surface area contributed by atoms with Crippen LogP contribution in [0.25, 0.3) is 0 Å². The Hall–Kier alpha value is -1.34. The number of pyridine rings is 1. The molecule has 0 unspecified atom stereocenters. The number of halogens is 2. The molecule has 0 atom stereocenters. The average molecular weight is 403 g/mol. The first-order chi connectivity index (χ1) is 9.60. The molecule has 6 heteroatoms. The molecular formula is C14H12ClIN2O2. The second-order valence-corrected chi connectivity index (χ2v) is 5.50. The van der Waals surface area contributed by atoms with E-state index in [0.29, 0.717) is 23.0 Å². The minimum absolute atomic E-state index is 0.349. The monoisotopic (exact) mass is 402 g/mol. The molecule has 104 valence electrons. The lowest BCUT2D eigenvalue weighted by Gasteiger charge is -2.08. The van der Waals surface area contributed by atoms with E-state index in [1.807, 2.05) is 12.1 Å². The molecule has 0 saturated carbocycles. The normalized spacial score (nSPS) is 10.2. The third-order valence-electron chi connectivity index (χ3n) is 2.47. The van der Waals surface area contributed by atoms with Crippen LogP contribution in [0.5, 0.6) is 0 Å². The molecule has 4 nitrogen and oxygen atoms in total. The number of aromatic nitrogens is 1. The molecular weight excluding hydrogens is 391 g/mol. The number of carbonyl (C=O) groups is 1. The van der Waals surface area contributed by atoms with Gasteiger partial charge in [-0.1, -0.05) is 11.6 Å². The van der Waals surface area contributed by atoms with Crippen molar-refractivity contribution in [2.24, 2.45) is 0 Å². The fraction of sp³-hybridized carbons (Fsp3) is 0.143. The van der Waals surface area contributed by atoms with E-state index in [9.17, 15) is 4.79 Å². The van der Waals surface area contributed by atoms with Gasteiger partial charge in [0.15, 0.2) is 0 Å². The third-order valence-corrected chi connectivity index (χ3v) is 3.60. The highest BCUT2D eigenvalue weighted by Crippen LogP contribution is 2.24. The summed E-state index contributed by atoms with van der Waals surface area (Å²) in [5.41, 5.74) is 1.34. The number of carbonyl (C=O) groups excluding carboxylic acids is 1. The number of rotatable bonds is 4. The lowest BCUT2D eigenvalue weighted by Crippen LogP contribution is -2.05. The van der Waals surface area contributed by atoms with Crippen LogP contribution in [-0.2, 0) is 4.74 Å². The predicted molar refractivity (Wildman–Crippen MR) is 87.6 cm³/mol. The molecule has 1 heterocycles. The Morgan fingerprint density at radius 2 is 2.20 bits per heavy atom. The fourth-order valence-corrected chi connectivity index (χ4v) is 2.54. The first kappa shape index (κ1) is 15.1. The summed E-state index contributed by atoms with van der Waals surface area (Å²) < 4.78 is 5.90. The van der Waals surface area contributed by atoms with Crippen LogP contribution >= 0.6 is 34.2 Å². The third kappa shape index (κ3) is 3.83. The van der Waals surface area contributed by atoms with Gasteiger partial charge in [-0.25, -0.2) is 9.78 Å². The largest absolute Gasteiger partial charge is 0.462 e. The van der Waals surface area contributed by atoms with Gasteiger partial charge in [-0.05, 0) is 59.8 Å². The highest BCUT2D eigenvalue weighted by atomic mass is 127. The van der Waals surface area contributed by atoms with Gasteiger partial charge in [0.2, 0.25) is 0 Å². The zero-order valence-electron chi connectivity index (χ0n) is 10.7. The lowest BCUT2D eigenvalue weighted by molar-refractivity contribution is 0.0526. The highest BCUT2D eigenvalue weighted by Gasteiger charge is 2.07. The Labute approximate surface area is 135 Å². The number of benzene rings is 1. The van der Waals surface area contributed by atoms with Crippen LogP contribution < -0.4 is 5.32 Å². The van der Waals surface area contributed by atoms with Gasteiger partial charge in [-0.15, -0.1) is 0 Å². The van der Waals surface area contributed by atoms with Crippen molar-refractivity contribution in [1.29, 1.82) is 0 Å². The van der Waals surface area contributed by atoms with Crippen molar-refractivity contribution in [1.82, 2.24) is 4.98 Å². The van der Waals surface area contributed by atoms with Crippen molar-refractivity contribution in [3.63, 3.8) is 0 Å². The molecule has 0 radical (unpaired) electrons. The summed E-state index contributed by atoms with van der Waals surface area (Å²) in [6, 6.07) is 8.95. The maximum Gasteiger partial charge on any atom is 0.339 e. The minimum atomic E-state index is -0.368. The van der Waals surface area contributed by atoms with Gasteiger partial charge >= 0.3 is 5.97 Å². The molecule has 2 aromatic rings. The molecule has 2 rings (SSSR count). The molecule has 0 fully saturated rings. The predicted octanol–water partition coefficient (Wildman–Crippen LogP) is 4.26. The molecule has 1 aromatic carbocycles. The summed E-state index contributed by atoms with van der Waals surface area (Å²) in [4.78, 5) is 15.7. The second kappa shape index (κ2) is 6.90. The number of hydrogen-bond acceptors (Lipinski definition) is 4. The van der Waals surface area contributed by atoms with Crippen LogP contribution in [0.2, 0.25) is 5.02 Å². The standard InChI is InChI=1S/C14H12ClIN2O2/c1-2-20-14(19)9-3-6-13(17-8-9)18-12-5-4-10(15)7-11(12)16/h3-8H,2H2,1H3,(H,17,18). The zero-order valence-corrected chi connectivity index (χ0v) is 13.6. The highest BCUT2D eigenvalue weighted by molar-refractivity contribution is 14.1. The van der Waals surface area contributed by atoms with Crippen molar-refractivity contribution in [3.05, 3.63) is 50.7 Å². The smallest absolute Gasteiger partial charge is 0.339 e. The molecule has 0 aliphatic heterocycles. The van der Waals surface area contributed by atoms with E-state index in [4.69, 9.17) is 16.3 Å². The Morgan fingerprint density at radius 1 is 1.40 bits per heavy atom. The number of nitrogens with zero attached hydrogens (tertiary/aromatic N) is 1. The molecule has 1 aromatic heterocycles. The van der Waals surface area contributed by atoms with Crippen LogP contribution in [0, 0.1) is 3.57 Å². The molecule has 0 bridgehead atoms. The van der Waals surface area contributed by atoms with Gasteiger partial charge in [0.25, 0.3) is 0 Å². The SMILES string of the molecule is CCOC(=O)c1ccc(Nc2ccc(Cl)cc2I)nc1. The van der Waals surface area contributed by atoms with E-state index in [1.165, 1.54) is 6.20 Å². The van der Waals surface area contributed by atoms with Crippen LogP contribution in [0.3, 0.4) is 0 Å². The summed E-state index contributed by atoms with van der Waals surface area (Å²) in [5, 5.41) is 3.85. The molecule has 1 N–H and O–H groups in total. The van der Waals surface area contributed by atoms with E-state index in [2.05, 4.69) is 32.9 Å². The zero-order chi connectivity index (χ0) is 14.5. The average Bonchev–Trinajstić information content (AvgIpc) is 2.43. The van der Waals surface area contributed by atoms with Gasteiger partial charge in [0.1, 0.15) is 5.82 Å².